The van der Waals surface area contributed by atoms with E-state index in [1.807, 2.05) is 42.5 Å². The minimum absolute atomic E-state index is 0.202. The molecule has 0 aliphatic carbocycles. The van der Waals surface area contributed by atoms with Crippen LogP contribution in [0, 0.1) is 0 Å². The number of fused-ring (bicyclic) bond motifs is 1. The van der Waals surface area contributed by atoms with Gasteiger partial charge in [-0.15, -0.1) is 0 Å². The van der Waals surface area contributed by atoms with E-state index in [-0.39, 0.29) is 5.91 Å². The lowest BCUT2D eigenvalue weighted by Gasteiger charge is -2.09. The third-order valence-electron chi connectivity index (χ3n) is 4.31. The molecule has 0 aliphatic heterocycles. The van der Waals surface area contributed by atoms with E-state index in [2.05, 4.69) is 22.2 Å². The Morgan fingerprint density at radius 1 is 1.04 bits per heavy atom. The highest BCUT2D eigenvalue weighted by Gasteiger charge is 2.08. The van der Waals surface area contributed by atoms with Gasteiger partial charge in [-0.05, 0) is 48.4 Å². The molecule has 27 heavy (non-hydrogen) atoms. The van der Waals surface area contributed by atoms with Crippen LogP contribution >= 0.6 is 0 Å². The summed E-state index contributed by atoms with van der Waals surface area (Å²) in [7, 11) is 0. The van der Waals surface area contributed by atoms with Gasteiger partial charge in [0.2, 0.25) is 0 Å². The maximum atomic E-state index is 12.4. The summed E-state index contributed by atoms with van der Waals surface area (Å²) in [6.07, 6.45) is 6.44. The largest absolute Gasteiger partial charge is 0.494 e. The Hall–Kier alpha value is -2.95. The normalized spacial score (nSPS) is 10.7. The van der Waals surface area contributed by atoms with E-state index in [1.165, 1.54) is 19.3 Å². The third kappa shape index (κ3) is 5.51. The smallest absolute Gasteiger partial charge is 0.270 e. The summed E-state index contributed by atoms with van der Waals surface area (Å²) in [6, 6.07) is 15.0. The van der Waals surface area contributed by atoms with Gasteiger partial charge >= 0.3 is 0 Å². The van der Waals surface area contributed by atoms with Gasteiger partial charge < -0.3 is 10.1 Å². The highest BCUT2D eigenvalue weighted by atomic mass is 16.5. The van der Waals surface area contributed by atoms with Gasteiger partial charge in [0.1, 0.15) is 11.4 Å². The highest BCUT2D eigenvalue weighted by molar-refractivity contribution is 5.94. The number of amides is 1. The predicted molar refractivity (Wildman–Crippen MR) is 107 cm³/mol. The lowest BCUT2D eigenvalue weighted by atomic mass is 10.2. The number of rotatable bonds is 9. The second-order valence-corrected chi connectivity index (χ2v) is 6.48. The summed E-state index contributed by atoms with van der Waals surface area (Å²) < 4.78 is 5.80. The van der Waals surface area contributed by atoms with Crippen molar-refractivity contribution in [1.29, 1.82) is 0 Å². The quantitative estimate of drug-likeness (QED) is 0.568. The molecule has 140 valence electrons. The zero-order valence-electron chi connectivity index (χ0n) is 15.6. The summed E-state index contributed by atoms with van der Waals surface area (Å²) in [6.45, 7) is 3.35. The first-order valence-corrected chi connectivity index (χ1v) is 9.48. The minimum atomic E-state index is -0.202. The van der Waals surface area contributed by atoms with Gasteiger partial charge in [0.25, 0.3) is 5.91 Å². The van der Waals surface area contributed by atoms with Gasteiger partial charge in [0, 0.05) is 12.7 Å². The van der Waals surface area contributed by atoms with Gasteiger partial charge in [-0.3, -0.25) is 9.78 Å². The molecule has 3 aromatic rings. The number of aromatic nitrogens is 2. The van der Waals surface area contributed by atoms with Crippen LogP contribution in [-0.4, -0.2) is 22.5 Å². The second-order valence-electron chi connectivity index (χ2n) is 6.48. The fraction of sp³-hybridized carbons (Fsp3) is 0.318. The average molecular weight is 363 g/mol. The van der Waals surface area contributed by atoms with Crippen LogP contribution in [0.1, 0.15) is 48.7 Å². The van der Waals surface area contributed by atoms with E-state index in [1.54, 1.807) is 12.3 Å². The molecule has 0 bridgehead atoms. The van der Waals surface area contributed by atoms with E-state index in [0.717, 1.165) is 29.9 Å². The lowest BCUT2D eigenvalue weighted by Crippen LogP contribution is -2.23. The Labute approximate surface area is 159 Å². The van der Waals surface area contributed by atoms with Gasteiger partial charge in [-0.1, -0.05) is 38.3 Å². The molecule has 0 unspecified atom stereocenters. The molecular weight excluding hydrogens is 338 g/mol. The molecule has 0 fully saturated rings. The van der Waals surface area contributed by atoms with Crippen molar-refractivity contribution in [3.63, 3.8) is 0 Å². The monoisotopic (exact) mass is 363 g/mol. The zero-order chi connectivity index (χ0) is 18.9. The molecule has 0 saturated carbocycles. The first kappa shape index (κ1) is 18.8. The molecule has 1 aromatic carbocycles. The van der Waals surface area contributed by atoms with Gasteiger partial charge in [-0.25, -0.2) is 4.98 Å². The number of nitrogens with one attached hydrogen (secondary N) is 1. The molecule has 0 aliphatic rings. The fourth-order valence-electron chi connectivity index (χ4n) is 2.82. The molecule has 1 N–H and O–H groups in total. The van der Waals surface area contributed by atoms with Crippen LogP contribution in [-0.2, 0) is 6.54 Å². The molecule has 5 heteroatoms. The van der Waals surface area contributed by atoms with Crippen molar-refractivity contribution in [3.05, 3.63) is 66.0 Å². The first-order valence-electron chi connectivity index (χ1n) is 9.48. The summed E-state index contributed by atoms with van der Waals surface area (Å²) in [4.78, 5) is 21.0. The Balaban J connectivity index is 1.54. The maximum Gasteiger partial charge on any atom is 0.270 e. The molecule has 0 radical (unpaired) electrons. The van der Waals surface area contributed by atoms with Crippen LogP contribution in [0.4, 0.5) is 0 Å². The highest BCUT2D eigenvalue weighted by Crippen LogP contribution is 2.14. The Morgan fingerprint density at radius 3 is 2.85 bits per heavy atom. The van der Waals surface area contributed by atoms with E-state index >= 15 is 0 Å². The number of hydrogen-bond donors (Lipinski definition) is 1. The molecule has 0 atom stereocenters. The SMILES string of the molecule is CCCCCCOc1cccc(CNC(=O)c2ccc3ncccc3n2)c1. The van der Waals surface area contributed by atoms with E-state index in [0.29, 0.717) is 17.8 Å². The molecule has 3 rings (SSSR count). The van der Waals surface area contributed by atoms with Crippen molar-refractivity contribution in [2.75, 3.05) is 6.61 Å². The first-order chi connectivity index (χ1) is 13.3. The molecule has 0 spiro atoms. The van der Waals surface area contributed by atoms with Crippen LogP contribution in [0.15, 0.2) is 54.7 Å². The van der Waals surface area contributed by atoms with Gasteiger partial charge in [0.15, 0.2) is 0 Å². The predicted octanol–water partition coefficient (Wildman–Crippen LogP) is 4.52. The number of carbonyl (C=O) groups is 1. The molecule has 2 aromatic heterocycles. The fourth-order valence-corrected chi connectivity index (χ4v) is 2.82. The van der Waals surface area contributed by atoms with E-state index in [4.69, 9.17) is 4.74 Å². The maximum absolute atomic E-state index is 12.4. The van der Waals surface area contributed by atoms with Crippen LogP contribution in [0.3, 0.4) is 0 Å². The lowest BCUT2D eigenvalue weighted by molar-refractivity contribution is 0.0946. The topological polar surface area (TPSA) is 64.1 Å². The molecule has 0 saturated heterocycles. The average Bonchev–Trinajstić information content (AvgIpc) is 2.72. The number of hydrogen-bond acceptors (Lipinski definition) is 4. The number of nitrogens with zero attached hydrogens (tertiary/aromatic N) is 2. The van der Waals surface area contributed by atoms with Gasteiger partial charge in [-0.2, -0.15) is 0 Å². The summed E-state index contributed by atoms with van der Waals surface area (Å²) in [5.74, 6) is 0.639. The molecular formula is C22H25N3O2. The van der Waals surface area contributed by atoms with Crippen molar-refractivity contribution >= 4 is 16.9 Å². The summed E-state index contributed by atoms with van der Waals surface area (Å²) in [5, 5.41) is 2.91. The number of ether oxygens (including phenoxy) is 1. The molecule has 5 nitrogen and oxygen atoms in total. The number of unbranched alkanes of at least 4 members (excludes halogenated alkanes) is 3. The second kappa shape index (κ2) is 9.67. The van der Waals surface area contributed by atoms with Crippen molar-refractivity contribution < 1.29 is 9.53 Å². The third-order valence-corrected chi connectivity index (χ3v) is 4.31. The Morgan fingerprint density at radius 2 is 1.96 bits per heavy atom. The summed E-state index contributed by atoms with van der Waals surface area (Å²) >= 11 is 0. The Kier molecular flexibility index (Phi) is 6.74. The minimum Gasteiger partial charge on any atom is -0.494 e. The molecule has 1 amide bonds. The van der Waals surface area contributed by atoms with Crippen molar-refractivity contribution in [2.45, 2.75) is 39.2 Å². The van der Waals surface area contributed by atoms with Crippen molar-refractivity contribution in [3.8, 4) is 5.75 Å². The van der Waals surface area contributed by atoms with Crippen molar-refractivity contribution in [1.82, 2.24) is 15.3 Å². The molecule has 2 heterocycles. The van der Waals surface area contributed by atoms with Crippen molar-refractivity contribution in [2.24, 2.45) is 0 Å². The zero-order valence-corrected chi connectivity index (χ0v) is 15.6. The number of carbonyl (C=O) groups excluding carboxylic acids is 1. The van der Waals surface area contributed by atoms with Crippen LogP contribution < -0.4 is 10.1 Å². The number of pyridine rings is 2. The van der Waals surface area contributed by atoms with Gasteiger partial charge in [0.05, 0.1) is 17.6 Å². The standard InChI is InChI=1S/C22H25N3O2/c1-2-3-4-5-14-27-18-9-6-8-17(15-18)16-24-22(26)21-12-11-19-20(25-21)10-7-13-23-19/h6-13,15H,2-5,14,16H2,1H3,(H,24,26). The van der Waals surface area contributed by atoms with E-state index in [9.17, 15) is 4.79 Å². The summed E-state index contributed by atoms with van der Waals surface area (Å²) in [5.41, 5.74) is 2.87. The van der Waals surface area contributed by atoms with Crippen LogP contribution in [0.5, 0.6) is 5.75 Å². The number of benzene rings is 1. The Bertz CT molecular complexity index is 895. The van der Waals surface area contributed by atoms with E-state index < -0.39 is 0 Å². The van der Waals surface area contributed by atoms with Crippen LogP contribution in [0.25, 0.3) is 11.0 Å². The van der Waals surface area contributed by atoms with Crippen LogP contribution in [0.2, 0.25) is 0 Å².